The van der Waals surface area contributed by atoms with Crippen molar-refractivity contribution in [2.75, 3.05) is 53.2 Å². The van der Waals surface area contributed by atoms with Gasteiger partial charge in [-0.05, 0) is 50.4 Å². The molecule has 5 aliphatic rings. The Balaban J connectivity index is 1.34. The molecule has 2 unspecified atom stereocenters. The predicted molar refractivity (Wildman–Crippen MR) is 109 cm³/mol. The predicted octanol–water partition coefficient (Wildman–Crippen LogP) is 2.41. The number of allylic oxidation sites excluding steroid dienone is 2. The molecule has 3 fully saturated rings. The van der Waals surface area contributed by atoms with E-state index in [4.69, 9.17) is 19.3 Å². The molecule has 7 nitrogen and oxygen atoms in total. The second kappa shape index (κ2) is 8.36. The molecule has 4 aliphatic carbocycles. The molecule has 0 radical (unpaired) electrons. The molecule has 6 rings (SSSR count). The van der Waals surface area contributed by atoms with Crippen LogP contribution in [0.5, 0.6) is 6.01 Å². The molecule has 1 aromatic rings. The van der Waals surface area contributed by atoms with E-state index in [0.717, 1.165) is 70.1 Å². The van der Waals surface area contributed by atoms with E-state index in [9.17, 15) is 0 Å². The Labute approximate surface area is 173 Å². The van der Waals surface area contributed by atoms with Crippen molar-refractivity contribution in [3.8, 4) is 6.01 Å². The number of ether oxygens (including phenoxy) is 3. The summed E-state index contributed by atoms with van der Waals surface area (Å²) in [5.41, 5.74) is 1.73. The highest BCUT2D eigenvalue weighted by atomic mass is 16.5. The van der Waals surface area contributed by atoms with Gasteiger partial charge in [0, 0.05) is 45.3 Å². The first-order valence-electron chi connectivity index (χ1n) is 11.3. The molecule has 160 valence electrons. The Hall–Kier alpha value is -1.44. The summed E-state index contributed by atoms with van der Waals surface area (Å²) in [6.45, 7) is 6.73. The van der Waals surface area contributed by atoms with Gasteiger partial charge in [0.1, 0.15) is 12.4 Å². The van der Waals surface area contributed by atoms with Crippen molar-refractivity contribution >= 4 is 0 Å². The van der Waals surface area contributed by atoms with Crippen LogP contribution in [0.1, 0.15) is 44.3 Å². The summed E-state index contributed by atoms with van der Waals surface area (Å²) in [6, 6.07) is 0.679. The van der Waals surface area contributed by atoms with E-state index < -0.39 is 0 Å². The zero-order valence-corrected chi connectivity index (χ0v) is 17.6. The number of methoxy groups -OCH3 is 1. The molecular formula is C22H34N4O3. The molecule has 2 atom stereocenters. The Morgan fingerprint density at radius 3 is 2.62 bits per heavy atom. The van der Waals surface area contributed by atoms with Crippen molar-refractivity contribution in [2.24, 2.45) is 11.8 Å². The summed E-state index contributed by atoms with van der Waals surface area (Å²) in [5, 5.41) is 9.23. The summed E-state index contributed by atoms with van der Waals surface area (Å²) in [7, 11) is 1.76. The van der Waals surface area contributed by atoms with E-state index in [0.29, 0.717) is 12.6 Å². The highest BCUT2D eigenvalue weighted by Gasteiger charge is 2.50. The van der Waals surface area contributed by atoms with Gasteiger partial charge < -0.3 is 14.2 Å². The van der Waals surface area contributed by atoms with Crippen LogP contribution >= 0.6 is 0 Å². The topological polar surface area (TPSA) is 61.6 Å². The van der Waals surface area contributed by atoms with Gasteiger partial charge in [0.05, 0.1) is 13.2 Å². The molecule has 2 saturated carbocycles. The molecule has 29 heavy (non-hydrogen) atoms. The number of hydrogen-bond acceptors (Lipinski definition) is 6. The largest absolute Gasteiger partial charge is 0.462 e. The van der Waals surface area contributed by atoms with Crippen molar-refractivity contribution in [3.05, 3.63) is 17.5 Å². The molecule has 7 heteroatoms. The average molecular weight is 403 g/mol. The van der Waals surface area contributed by atoms with Crippen LogP contribution in [0.3, 0.4) is 0 Å². The van der Waals surface area contributed by atoms with Gasteiger partial charge in [0.15, 0.2) is 0 Å². The number of hydrogen-bond donors (Lipinski definition) is 0. The lowest BCUT2D eigenvalue weighted by molar-refractivity contribution is 0.0313. The summed E-state index contributed by atoms with van der Waals surface area (Å²) in [4.78, 5) is 2.39. The first-order chi connectivity index (χ1) is 14.3. The van der Waals surface area contributed by atoms with Crippen LogP contribution in [0.2, 0.25) is 0 Å². The standard InChI is InChI=1S/C22H34N4O3/c1-27-7-2-3-26-20(22-14-17-11-18(15-22)13-19(12-17)16-22)23-24-21(26)29-10-6-25-4-8-28-9-5-25/h14,18-19H,2-13,15-16H2,1H3. The molecule has 4 bridgehead atoms. The maximum Gasteiger partial charge on any atom is 0.317 e. The summed E-state index contributed by atoms with van der Waals surface area (Å²) in [5.74, 6) is 2.79. The van der Waals surface area contributed by atoms with Gasteiger partial charge in [-0.1, -0.05) is 16.7 Å². The van der Waals surface area contributed by atoms with Gasteiger partial charge >= 0.3 is 6.01 Å². The maximum atomic E-state index is 6.16. The van der Waals surface area contributed by atoms with E-state index in [-0.39, 0.29) is 5.41 Å². The minimum Gasteiger partial charge on any atom is -0.462 e. The van der Waals surface area contributed by atoms with E-state index in [1.165, 1.54) is 32.1 Å². The molecule has 0 aromatic carbocycles. The van der Waals surface area contributed by atoms with Gasteiger partial charge in [-0.25, -0.2) is 0 Å². The second-order valence-corrected chi connectivity index (χ2v) is 9.35. The molecule has 0 N–H and O–H groups in total. The summed E-state index contributed by atoms with van der Waals surface area (Å²) < 4.78 is 19.1. The number of morpholine rings is 1. The molecule has 1 aliphatic heterocycles. The highest BCUT2D eigenvalue weighted by Crippen LogP contribution is 2.57. The van der Waals surface area contributed by atoms with Crippen LogP contribution in [0, 0.1) is 11.8 Å². The normalized spacial score (nSPS) is 31.3. The van der Waals surface area contributed by atoms with Crippen molar-refractivity contribution < 1.29 is 14.2 Å². The molecule has 0 spiro atoms. The van der Waals surface area contributed by atoms with E-state index in [1.807, 2.05) is 0 Å². The van der Waals surface area contributed by atoms with Crippen LogP contribution < -0.4 is 4.74 Å². The molecule has 1 aromatic heterocycles. The lowest BCUT2D eigenvalue weighted by atomic mass is 9.54. The van der Waals surface area contributed by atoms with Crippen LogP contribution in [0.25, 0.3) is 0 Å². The Morgan fingerprint density at radius 2 is 1.90 bits per heavy atom. The van der Waals surface area contributed by atoms with Gasteiger partial charge in [-0.2, -0.15) is 0 Å². The zero-order valence-electron chi connectivity index (χ0n) is 17.6. The Bertz CT molecular complexity index is 724. The van der Waals surface area contributed by atoms with Gasteiger partial charge in [-0.15, -0.1) is 5.10 Å². The van der Waals surface area contributed by atoms with Crippen molar-refractivity contribution in [1.82, 2.24) is 19.7 Å². The van der Waals surface area contributed by atoms with E-state index in [1.54, 1.807) is 12.7 Å². The van der Waals surface area contributed by atoms with E-state index >= 15 is 0 Å². The summed E-state index contributed by atoms with van der Waals surface area (Å²) >= 11 is 0. The fraction of sp³-hybridized carbons (Fsp3) is 0.818. The first-order valence-corrected chi connectivity index (χ1v) is 11.3. The zero-order chi connectivity index (χ0) is 19.7. The smallest absolute Gasteiger partial charge is 0.317 e. The lowest BCUT2D eigenvalue weighted by Gasteiger charge is -2.51. The Morgan fingerprint density at radius 1 is 1.10 bits per heavy atom. The second-order valence-electron chi connectivity index (χ2n) is 9.35. The number of nitrogens with zero attached hydrogens (tertiary/aromatic N) is 4. The van der Waals surface area contributed by atoms with Gasteiger partial charge in [0.25, 0.3) is 0 Å². The third kappa shape index (κ3) is 3.97. The van der Waals surface area contributed by atoms with Crippen LogP contribution in [0.4, 0.5) is 0 Å². The van der Waals surface area contributed by atoms with Crippen LogP contribution in [0.15, 0.2) is 11.6 Å². The number of rotatable bonds is 9. The Kier molecular flexibility index (Phi) is 5.63. The van der Waals surface area contributed by atoms with E-state index in [2.05, 4.69) is 20.6 Å². The quantitative estimate of drug-likeness (QED) is 0.467. The minimum absolute atomic E-state index is 0.0747. The first kappa shape index (κ1) is 19.5. The van der Waals surface area contributed by atoms with Crippen LogP contribution in [-0.4, -0.2) is 72.8 Å². The third-order valence-electron chi connectivity index (χ3n) is 7.19. The van der Waals surface area contributed by atoms with Crippen molar-refractivity contribution in [2.45, 2.75) is 50.5 Å². The molecule has 2 heterocycles. The SMILES string of the molecule is COCCCn1c(OCCN2CCOCC2)nnc1C12C=C3CC(CC(C3)C1)C2. The molecule has 1 saturated heterocycles. The average Bonchev–Trinajstić information content (AvgIpc) is 3.12. The fourth-order valence-corrected chi connectivity index (χ4v) is 6.18. The molecule has 0 amide bonds. The lowest BCUT2D eigenvalue weighted by Crippen LogP contribution is -2.44. The molecular weight excluding hydrogens is 368 g/mol. The fourth-order valence-electron chi connectivity index (χ4n) is 6.18. The van der Waals surface area contributed by atoms with Crippen molar-refractivity contribution in [1.29, 1.82) is 0 Å². The highest BCUT2D eigenvalue weighted by molar-refractivity contribution is 5.33. The monoisotopic (exact) mass is 402 g/mol. The van der Waals surface area contributed by atoms with Crippen LogP contribution in [-0.2, 0) is 21.4 Å². The van der Waals surface area contributed by atoms with Gasteiger partial charge in [-0.3, -0.25) is 9.47 Å². The van der Waals surface area contributed by atoms with Gasteiger partial charge in [0.2, 0.25) is 0 Å². The number of aromatic nitrogens is 3. The van der Waals surface area contributed by atoms with Crippen molar-refractivity contribution in [3.63, 3.8) is 0 Å². The maximum absolute atomic E-state index is 6.16. The summed E-state index contributed by atoms with van der Waals surface area (Å²) in [6.07, 6.45) is 9.96. The third-order valence-corrected chi connectivity index (χ3v) is 7.19. The minimum atomic E-state index is 0.0747.